The number of aliphatic hydroxyl groups is 1. The normalized spacial score (nSPS) is 11.5. The summed E-state index contributed by atoms with van der Waals surface area (Å²) in [5.41, 5.74) is 1.04. The molecule has 2 aromatic heterocycles. The zero-order valence-electron chi connectivity index (χ0n) is 24.1. The van der Waals surface area contributed by atoms with Gasteiger partial charge in [0.2, 0.25) is 0 Å². The van der Waals surface area contributed by atoms with E-state index in [2.05, 4.69) is 16.0 Å². The van der Waals surface area contributed by atoms with Gasteiger partial charge in [0.15, 0.2) is 5.78 Å². The Labute approximate surface area is 263 Å². The summed E-state index contributed by atoms with van der Waals surface area (Å²) in [7, 11) is 0. The van der Waals surface area contributed by atoms with Crippen LogP contribution in [0.15, 0.2) is 72.8 Å². The zero-order chi connectivity index (χ0) is 29.5. The van der Waals surface area contributed by atoms with Gasteiger partial charge in [0.1, 0.15) is 11.8 Å². The third kappa shape index (κ3) is 7.09. The summed E-state index contributed by atoms with van der Waals surface area (Å²) in [6.45, 7) is 8.07. The Morgan fingerprint density at radius 1 is 0.976 bits per heavy atom. The molecule has 3 aromatic carbocycles. The molecule has 0 spiro atoms. The van der Waals surface area contributed by atoms with Crippen molar-refractivity contribution in [3.8, 4) is 10.6 Å². The Hall–Kier alpha value is -3.52. The molecule has 42 heavy (non-hydrogen) atoms. The third-order valence-corrected chi connectivity index (χ3v) is 8.53. The van der Waals surface area contributed by atoms with Crippen LogP contribution >= 0.6 is 11.3 Å². The fraction of sp³-hybridized carbons (Fsp3) is 0.303. The van der Waals surface area contributed by atoms with Gasteiger partial charge in [-0.15, -0.1) is 23.6 Å². The molecular weight excluding hydrogens is 727 g/mol. The van der Waals surface area contributed by atoms with E-state index in [0.717, 1.165) is 46.0 Å². The predicted octanol–water partition coefficient (Wildman–Crippen LogP) is 9.24. The van der Waals surface area contributed by atoms with Crippen molar-refractivity contribution in [2.75, 3.05) is 0 Å². The minimum atomic E-state index is -0.365. The standard InChI is InChI=1S/C20H10N3O2S.C13H24O2.Ir/c24-23(25)20-14-7-3-1-5-12(14)9-15-18(21-11-22-19(15)20)17-10-13-6-2-4-8-16(13)26-17;1-5-10(6-2)12(14)9-13(15)11(7-3)8-4;/h1-9,11H;9-11,14H,5-8H2,1-4H3;/q-1;;/b;12-9-;. The first-order valence-electron chi connectivity index (χ1n) is 14.0. The average molecular weight is 761 g/mol. The van der Waals surface area contributed by atoms with Gasteiger partial charge in [-0.05, 0) is 52.1 Å². The molecule has 9 heteroatoms. The van der Waals surface area contributed by atoms with E-state index < -0.39 is 0 Å². The number of hydrogen-bond acceptors (Lipinski definition) is 7. The number of nitro benzene ring substituents is 1. The molecular formula is C33H34IrN3O4S-. The van der Waals surface area contributed by atoms with Crippen LogP contribution in [-0.4, -0.2) is 25.8 Å². The number of nitro groups is 1. The quantitative estimate of drug-likeness (QED) is 0.0401. The molecule has 0 atom stereocenters. The molecule has 0 amide bonds. The van der Waals surface area contributed by atoms with E-state index >= 15 is 0 Å². The molecule has 0 unspecified atom stereocenters. The van der Waals surface area contributed by atoms with E-state index in [-0.39, 0.29) is 54.1 Å². The number of rotatable bonds is 9. The summed E-state index contributed by atoms with van der Waals surface area (Å²) >= 11 is 1.57. The molecule has 2 heterocycles. The van der Waals surface area contributed by atoms with Crippen molar-refractivity contribution >= 4 is 54.6 Å². The Morgan fingerprint density at radius 3 is 2.26 bits per heavy atom. The predicted molar refractivity (Wildman–Crippen MR) is 167 cm³/mol. The summed E-state index contributed by atoms with van der Waals surface area (Å²) in [5, 5.41) is 24.6. The van der Waals surface area contributed by atoms with Crippen molar-refractivity contribution in [2.24, 2.45) is 11.8 Å². The number of carbonyl (C=O) groups is 1. The van der Waals surface area contributed by atoms with Crippen molar-refractivity contribution < 1.29 is 34.9 Å². The molecule has 0 aliphatic carbocycles. The van der Waals surface area contributed by atoms with E-state index in [1.165, 1.54) is 12.4 Å². The fourth-order valence-electron chi connectivity index (χ4n) is 5.01. The number of hydrogen-bond donors (Lipinski definition) is 1. The number of aromatic nitrogens is 2. The number of benzene rings is 3. The molecule has 1 radical (unpaired) electrons. The van der Waals surface area contributed by atoms with Gasteiger partial charge < -0.3 is 5.11 Å². The summed E-state index contributed by atoms with van der Waals surface area (Å²) in [6.07, 6.45) is 6.29. The molecule has 5 aromatic rings. The largest absolute Gasteiger partial charge is 0.512 e. The summed E-state index contributed by atoms with van der Waals surface area (Å²) in [4.78, 5) is 32.6. The maximum Gasteiger partial charge on any atom is 0.302 e. The number of ketones is 1. The molecule has 1 N–H and O–H groups in total. The van der Waals surface area contributed by atoms with E-state index in [9.17, 15) is 20.0 Å². The number of aliphatic hydroxyl groups excluding tert-OH is 1. The summed E-state index contributed by atoms with van der Waals surface area (Å²) < 4.78 is 1.10. The Morgan fingerprint density at radius 2 is 1.62 bits per heavy atom. The second-order valence-electron chi connectivity index (χ2n) is 9.87. The number of thiophene rings is 1. The number of non-ortho nitro benzene ring substituents is 1. The molecule has 221 valence electrons. The maximum absolute atomic E-state index is 11.8. The van der Waals surface area contributed by atoms with Crippen LogP contribution in [0.2, 0.25) is 0 Å². The molecule has 0 aliphatic heterocycles. The van der Waals surface area contributed by atoms with Crippen molar-refractivity contribution in [3.63, 3.8) is 0 Å². The maximum atomic E-state index is 11.8. The topological polar surface area (TPSA) is 106 Å². The first-order valence-corrected chi connectivity index (χ1v) is 14.8. The minimum absolute atomic E-state index is 0. The summed E-state index contributed by atoms with van der Waals surface area (Å²) in [5.74, 6) is 0.547. The smallest absolute Gasteiger partial charge is 0.302 e. The second kappa shape index (κ2) is 15.1. The van der Waals surface area contributed by atoms with Gasteiger partial charge >= 0.3 is 5.69 Å². The van der Waals surface area contributed by atoms with Crippen LogP contribution in [0, 0.1) is 28.0 Å². The first kappa shape index (κ1) is 33.0. The van der Waals surface area contributed by atoms with Crippen LogP contribution in [0.25, 0.3) is 42.3 Å². The van der Waals surface area contributed by atoms with Crippen LogP contribution in [0.4, 0.5) is 5.69 Å². The Bertz CT molecular complexity index is 1690. The van der Waals surface area contributed by atoms with Crippen LogP contribution in [0.5, 0.6) is 0 Å². The third-order valence-electron chi connectivity index (χ3n) is 7.45. The van der Waals surface area contributed by atoms with Gasteiger partial charge in [-0.25, -0.2) is 16.3 Å². The SMILES string of the molecule is CCC(CC)C(=O)/C=C(\O)C(CC)CC.O=[N+]([O-])c1c2ccccc2cc2c(-c3[c-]c4ccccc4s3)ncnc12.[Ir]. The Kier molecular flexibility index (Phi) is 11.9. The van der Waals surface area contributed by atoms with Gasteiger partial charge in [-0.3, -0.25) is 19.9 Å². The van der Waals surface area contributed by atoms with Crippen molar-refractivity contribution in [1.82, 2.24) is 9.97 Å². The summed E-state index contributed by atoms with van der Waals surface area (Å²) in [6, 6.07) is 20.5. The van der Waals surface area contributed by atoms with Crippen LogP contribution in [-0.2, 0) is 24.9 Å². The molecule has 7 nitrogen and oxygen atoms in total. The monoisotopic (exact) mass is 761 g/mol. The fourth-order valence-corrected chi connectivity index (χ4v) is 6.03. The van der Waals surface area contributed by atoms with E-state index in [1.54, 1.807) is 23.5 Å². The molecule has 0 fully saturated rings. The van der Waals surface area contributed by atoms with Gasteiger partial charge in [-0.2, -0.15) is 0 Å². The number of allylic oxidation sites excluding steroid dienone is 2. The molecule has 5 rings (SSSR count). The molecule has 0 bridgehead atoms. The van der Waals surface area contributed by atoms with Gasteiger partial charge in [0, 0.05) is 43.7 Å². The van der Waals surface area contributed by atoms with E-state index in [0.29, 0.717) is 22.0 Å². The van der Waals surface area contributed by atoms with Crippen LogP contribution in [0.3, 0.4) is 0 Å². The van der Waals surface area contributed by atoms with E-state index in [4.69, 9.17) is 0 Å². The first-order chi connectivity index (χ1) is 19.8. The van der Waals surface area contributed by atoms with Crippen molar-refractivity contribution in [3.05, 3.63) is 88.9 Å². The zero-order valence-corrected chi connectivity index (χ0v) is 27.3. The number of fused-ring (bicyclic) bond motifs is 3. The van der Waals surface area contributed by atoms with Gasteiger partial charge in [0.05, 0.1) is 16.1 Å². The number of nitrogens with zero attached hydrogens (tertiary/aromatic N) is 3. The second-order valence-corrected chi connectivity index (χ2v) is 10.9. The van der Waals surface area contributed by atoms with Crippen LogP contribution < -0.4 is 0 Å². The van der Waals surface area contributed by atoms with Crippen LogP contribution in [0.1, 0.15) is 53.4 Å². The molecule has 0 aliphatic rings. The number of carbonyl (C=O) groups excluding carboxylic acids is 1. The Balaban J connectivity index is 0.000000263. The van der Waals surface area contributed by atoms with Gasteiger partial charge in [-0.1, -0.05) is 64.1 Å². The molecule has 0 saturated carbocycles. The van der Waals surface area contributed by atoms with Gasteiger partial charge in [0.25, 0.3) is 0 Å². The minimum Gasteiger partial charge on any atom is -0.512 e. The van der Waals surface area contributed by atoms with Crippen molar-refractivity contribution in [1.29, 1.82) is 0 Å². The molecule has 0 saturated heterocycles. The van der Waals surface area contributed by atoms with Crippen molar-refractivity contribution in [2.45, 2.75) is 53.4 Å². The average Bonchev–Trinajstić information content (AvgIpc) is 3.41. The van der Waals surface area contributed by atoms with E-state index in [1.807, 2.05) is 70.2 Å².